The molecule has 1 aromatic rings. The zero-order chi connectivity index (χ0) is 13.2. The van der Waals surface area contributed by atoms with Crippen LogP contribution in [0.5, 0.6) is 0 Å². The van der Waals surface area contributed by atoms with Gasteiger partial charge in [0, 0.05) is 32.0 Å². The molecule has 3 rings (SSSR count). The van der Waals surface area contributed by atoms with E-state index in [0.717, 1.165) is 25.5 Å². The fourth-order valence-corrected chi connectivity index (χ4v) is 3.33. The van der Waals surface area contributed by atoms with Crippen LogP contribution in [0, 0.1) is 0 Å². The average Bonchev–Trinajstić information content (AvgIpc) is 3.03. The number of likely N-dealkylation sites (N-methyl/N-ethyl adjacent to an activating group) is 1. The third-order valence-electron chi connectivity index (χ3n) is 4.35. The number of nitrogens with zero attached hydrogens (tertiary/aromatic N) is 3. The van der Waals surface area contributed by atoms with Crippen LogP contribution in [0.15, 0.2) is 12.4 Å². The van der Waals surface area contributed by atoms with E-state index in [-0.39, 0.29) is 12.1 Å². The second-order valence-electron chi connectivity index (χ2n) is 5.59. The number of hydrogen-bond acceptors (Lipinski definition) is 4. The van der Waals surface area contributed by atoms with Crippen molar-refractivity contribution in [1.82, 2.24) is 19.8 Å². The highest BCUT2D eigenvalue weighted by Gasteiger charge is 2.37. The van der Waals surface area contributed by atoms with Crippen LogP contribution in [0.2, 0.25) is 0 Å². The molecule has 1 aromatic heterocycles. The first-order valence-corrected chi connectivity index (χ1v) is 7.36. The summed E-state index contributed by atoms with van der Waals surface area (Å²) in [5.41, 5.74) is 0. The van der Waals surface area contributed by atoms with Crippen molar-refractivity contribution in [3.63, 3.8) is 0 Å². The molecule has 5 heteroatoms. The van der Waals surface area contributed by atoms with Crippen LogP contribution in [0.1, 0.15) is 31.6 Å². The number of aromatic nitrogens is 2. The van der Waals surface area contributed by atoms with Crippen LogP contribution in [-0.2, 0) is 11.8 Å². The second kappa shape index (κ2) is 5.61. The van der Waals surface area contributed by atoms with Gasteiger partial charge in [-0.25, -0.2) is 4.98 Å². The van der Waals surface area contributed by atoms with Crippen LogP contribution in [0.4, 0.5) is 0 Å². The molecule has 0 aromatic carbocycles. The van der Waals surface area contributed by atoms with E-state index in [0.29, 0.717) is 6.04 Å². The summed E-state index contributed by atoms with van der Waals surface area (Å²) in [6, 6.07) is 0.839. The Morgan fingerprint density at radius 2 is 2.47 bits per heavy atom. The third kappa shape index (κ3) is 2.55. The van der Waals surface area contributed by atoms with E-state index in [1.807, 2.05) is 19.4 Å². The number of hydrogen-bond donors (Lipinski definition) is 1. The number of rotatable bonds is 4. The molecule has 1 N–H and O–H groups in total. The molecule has 2 aliphatic heterocycles. The van der Waals surface area contributed by atoms with Crippen LogP contribution in [0.3, 0.4) is 0 Å². The van der Waals surface area contributed by atoms with Crippen molar-refractivity contribution in [3.8, 4) is 0 Å². The van der Waals surface area contributed by atoms with Crippen LogP contribution >= 0.6 is 0 Å². The van der Waals surface area contributed by atoms with Crippen molar-refractivity contribution in [2.45, 2.75) is 38.0 Å². The van der Waals surface area contributed by atoms with Gasteiger partial charge in [-0.05, 0) is 25.9 Å². The first-order valence-electron chi connectivity index (χ1n) is 7.36. The van der Waals surface area contributed by atoms with Crippen molar-refractivity contribution >= 4 is 0 Å². The summed E-state index contributed by atoms with van der Waals surface area (Å²) >= 11 is 0. The van der Waals surface area contributed by atoms with Gasteiger partial charge in [0.05, 0.1) is 18.8 Å². The highest BCUT2D eigenvalue weighted by molar-refractivity contribution is 5.04. The maximum Gasteiger partial charge on any atom is 0.128 e. The molecular formula is C14H24N4O. The highest BCUT2D eigenvalue weighted by Crippen LogP contribution is 2.28. The monoisotopic (exact) mass is 264 g/mol. The van der Waals surface area contributed by atoms with E-state index in [4.69, 9.17) is 4.74 Å². The van der Waals surface area contributed by atoms with Crippen LogP contribution < -0.4 is 5.32 Å². The lowest BCUT2D eigenvalue weighted by Gasteiger charge is -2.38. The molecule has 106 valence electrons. The Morgan fingerprint density at radius 3 is 3.21 bits per heavy atom. The molecule has 3 unspecified atom stereocenters. The van der Waals surface area contributed by atoms with Gasteiger partial charge in [0.1, 0.15) is 5.82 Å². The molecule has 0 amide bonds. The van der Waals surface area contributed by atoms with Gasteiger partial charge in [-0.2, -0.15) is 0 Å². The molecule has 0 radical (unpaired) electrons. The summed E-state index contributed by atoms with van der Waals surface area (Å²) in [7, 11) is 2.05. The molecule has 0 aliphatic carbocycles. The van der Waals surface area contributed by atoms with Crippen molar-refractivity contribution in [3.05, 3.63) is 18.2 Å². The van der Waals surface area contributed by atoms with E-state index in [9.17, 15) is 0 Å². The molecule has 2 fully saturated rings. The van der Waals surface area contributed by atoms with Crippen molar-refractivity contribution in [2.24, 2.45) is 7.05 Å². The fourth-order valence-electron chi connectivity index (χ4n) is 3.33. The first kappa shape index (κ1) is 13.1. The predicted octanol–water partition coefficient (Wildman–Crippen LogP) is 0.934. The molecule has 2 aliphatic rings. The molecule has 0 saturated carbocycles. The van der Waals surface area contributed by atoms with Crippen molar-refractivity contribution in [2.75, 3.05) is 26.2 Å². The van der Waals surface area contributed by atoms with Crippen LogP contribution in [0.25, 0.3) is 0 Å². The van der Waals surface area contributed by atoms with Gasteiger partial charge in [0.2, 0.25) is 0 Å². The SMILES string of the molecule is CCNC(c1nccn1C)C1CN2CCCC2CO1. The molecule has 3 atom stereocenters. The lowest BCUT2D eigenvalue weighted by atomic mass is 10.1. The third-order valence-corrected chi connectivity index (χ3v) is 4.35. The number of nitrogens with one attached hydrogen (secondary N) is 1. The van der Waals surface area contributed by atoms with E-state index < -0.39 is 0 Å². The zero-order valence-electron chi connectivity index (χ0n) is 11.9. The second-order valence-corrected chi connectivity index (χ2v) is 5.59. The largest absolute Gasteiger partial charge is 0.373 e. The Hall–Kier alpha value is -0.910. The molecule has 2 saturated heterocycles. The van der Waals surface area contributed by atoms with Gasteiger partial charge in [-0.1, -0.05) is 6.92 Å². The number of morpholine rings is 1. The smallest absolute Gasteiger partial charge is 0.128 e. The molecule has 3 heterocycles. The van der Waals surface area contributed by atoms with Gasteiger partial charge in [0.25, 0.3) is 0 Å². The van der Waals surface area contributed by atoms with E-state index in [2.05, 4.69) is 26.7 Å². The first-order chi connectivity index (χ1) is 9.29. The van der Waals surface area contributed by atoms with Gasteiger partial charge in [-0.3, -0.25) is 4.90 Å². The summed E-state index contributed by atoms with van der Waals surface area (Å²) in [5, 5.41) is 3.54. The normalized spacial score (nSPS) is 29.4. The number of imidazole rings is 1. The summed E-state index contributed by atoms with van der Waals surface area (Å²) in [4.78, 5) is 7.08. The lowest BCUT2D eigenvalue weighted by Crippen LogP contribution is -2.51. The molecular weight excluding hydrogens is 240 g/mol. The molecule has 0 spiro atoms. The summed E-state index contributed by atoms with van der Waals surface area (Å²) in [6.45, 7) is 6.19. The van der Waals surface area contributed by atoms with Crippen molar-refractivity contribution < 1.29 is 4.74 Å². The maximum absolute atomic E-state index is 6.13. The standard InChI is InChI=1S/C14H24N4O/c1-3-15-13(14-16-6-8-17(14)2)12-9-18-7-4-5-11(18)10-19-12/h6,8,11-13,15H,3-5,7,9-10H2,1-2H3. The zero-order valence-corrected chi connectivity index (χ0v) is 11.9. The number of fused-ring (bicyclic) bond motifs is 1. The Morgan fingerprint density at radius 1 is 1.58 bits per heavy atom. The Labute approximate surface area is 114 Å². The Bertz CT molecular complexity index is 419. The quantitative estimate of drug-likeness (QED) is 0.878. The van der Waals surface area contributed by atoms with E-state index >= 15 is 0 Å². The van der Waals surface area contributed by atoms with Gasteiger partial charge in [0.15, 0.2) is 0 Å². The number of aryl methyl sites for hydroxylation is 1. The predicted molar refractivity (Wildman–Crippen MR) is 74.0 cm³/mol. The highest BCUT2D eigenvalue weighted by atomic mass is 16.5. The summed E-state index contributed by atoms with van der Waals surface area (Å²) in [5.74, 6) is 1.07. The summed E-state index contributed by atoms with van der Waals surface area (Å²) in [6.07, 6.45) is 6.67. The van der Waals surface area contributed by atoms with Gasteiger partial charge < -0.3 is 14.6 Å². The van der Waals surface area contributed by atoms with Gasteiger partial charge in [-0.15, -0.1) is 0 Å². The molecule has 19 heavy (non-hydrogen) atoms. The van der Waals surface area contributed by atoms with Crippen molar-refractivity contribution in [1.29, 1.82) is 0 Å². The lowest BCUT2D eigenvalue weighted by molar-refractivity contribution is -0.0666. The number of ether oxygens (including phenoxy) is 1. The maximum atomic E-state index is 6.13. The molecule has 5 nitrogen and oxygen atoms in total. The van der Waals surface area contributed by atoms with E-state index in [1.54, 1.807) is 0 Å². The Balaban J connectivity index is 1.75. The topological polar surface area (TPSA) is 42.3 Å². The average molecular weight is 264 g/mol. The van der Waals surface area contributed by atoms with E-state index in [1.165, 1.54) is 19.4 Å². The minimum absolute atomic E-state index is 0.187. The van der Waals surface area contributed by atoms with Gasteiger partial charge >= 0.3 is 0 Å². The van der Waals surface area contributed by atoms with Crippen LogP contribution in [-0.4, -0.2) is 52.8 Å². The Kier molecular flexibility index (Phi) is 3.86. The minimum Gasteiger partial charge on any atom is -0.373 e. The fraction of sp³-hybridized carbons (Fsp3) is 0.786. The summed E-state index contributed by atoms with van der Waals surface area (Å²) < 4.78 is 8.22. The minimum atomic E-state index is 0.187. The molecule has 0 bridgehead atoms.